The monoisotopic (exact) mass is 328 g/mol. The molecule has 4 rings (SSSR count). The molecule has 6 nitrogen and oxygen atoms in total. The first-order valence-corrected chi connectivity index (χ1v) is 8.58. The highest BCUT2D eigenvalue weighted by atomic mass is 16.5. The Bertz CT molecular complexity index is 805. The van der Waals surface area contributed by atoms with Crippen LogP contribution in [0.4, 0.5) is 0 Å². The molecule has 128 valence electrons. The van der Waals surface area contributed by atoms with E-state index >= 15 is 0 Å². The first kappa shape index (κ1) is 15.6. The Labute approximate surface area is 141 Å². The van der Waals surface area contributed by atoms with E-state index in [2.05, 4.69) is 31.8 Å². The molecular formula is C18H24N4O2. The molecule has 1 amide bonds. The fourth-order valence-electron chi connectivity index (χ4n) is 4.03. The van der Waals surface area contributed by atoms with Crippen LogP contribution in [0.15, 0.2) is 12.3 Å². The molecule has 4 heterocycles. The number of hydrogen-bond acceptors (Lipinski definition) is 4. The van der Waals surface area contributed by atoms with Crippen molar-refractivity contribution >= 4 is 11.6 Å². The molecule has 1 fully saturated rings. The lowest BCUT2D eigenvalue weighted by Crippen LogP contribution is -2.44. The van der Waals surface area contributed by atoms with E-state index in [0.717, 1.165) is 36.2 Å². The van der Waals surface area contributed by atoms with E-state index in [1.807, 2.05) is 15.6 Å². The fraction of sp³-hybridized carbons (Fsp3) is 0.611. The molecule has 2 aliphatic heterocycles. The zero-order chi connectivity index (χ0) is 17.1. The van der Waals surface area contributed by atoms with Gasteiger partial charge in [-0.05, 0) is 12.8 Å². The van der Waals surface area contributed by atoms with Crippen molar-refractivity contribution in [2.45, 2.75) is 57.5 Å². The molecule has 0 N–H and O–H groups in total. The molecule has 2 aromatic rings. The maximum atomic E-state index is 12.4. The van der Waals surface area contributed by atoms with Crippen molar-refractivity contribution in [3.05, 3.63) is 29.2 Å². The Hall–Kier alpha value is -1.95. The van der Waals surface area contributed by atoms with Gasteiger partial charge in [-0.1, -0.05) is 20.8 Å². The van der Waals surface area contributed by atoms with Crippen molar-refractivity contribution in [3.8, 4) is 0 Å². The van der Waals surface area contributed by atoms with Crippen LogP contribution in [0.5, 0.6) is 0 Å². The topological polar surface area (TPSA) is 59.7 Å². The Morgan fingerprint density at radius 1 is 1.38 bits per heavy atom. The van der Waals surface area contributed by atoms with Crippen molar-refractivity contribution < 1.29 is 9.53 Å². The van der Waals surface area contributed by atoms with Crippen LogP contribution in [0.25, 0.3) is 5.65 Å². The highest BCUT2D eigenvalue weighted by Crippen LogP contribution is 2.43. The van der Waals surface area contributed by atoms with Gasteiger partial charge < -0.3 is 9.64 Å². The molecule has 0 unspecified atom stereocenters. The first-order valence-electron chi connectivity index (χ1n) is 8.58. The third-order valence-corrected chi connectivity index (χ3v) is 5.23. The Morgan fingerprint density at radius 2 is 2.17 bits per heavy atom. The smallest absolute Gasteiger partial charge is 0.249 e. The molecule has 0 aromatic carbocycles. The molecule has 1 saturated heterocycles. The number of hydrogen-bond donors (Lipinski definition) is 0. The van der Waals surface area contributed by atoms with E-state index in [1.165, 1.54) is 5.69 Å². The van der Waals surface area contributed by atoms with Gasteiger partial charge in [0.1, 0.15) is 6.61 Å². The Balaban J connectivity index is 1.80. The molecule has 2 atom stereocenters. The molecule has 2 aliphatic rings. The lowest BCUT2D eigenvalue weighted by molar-refractivity contribution is -0.138. The summed E-state index contributed by atoms with van der Waals surface area (Å²) in [5.41, 5.74) is 4.30. The minimum Gasteiger partial charge on any atom is -0.375 e. The van der Waals surface area contributed by atoms with Gasteiger partial charge in [-0.25, -0.2) is 9.50 Å². The van der Waals surface area contributed by atoms with Crippen LogP contribution < -0.4 is 0 Å². The number of carbonyl (C=O) groups is 1. The maximum absolute atomic E-state index is 12.4. The third kappa shape index (κ3) is 2.24. The second-order valence-electron chi connectivity index (χ2n) is 7.89. The lowest BCUT2D eigenvalue weighted by Gasteiger charge is -2.36. The number of aromatic nitrogens is 3. The van der Waals surface area contributed by atoms with Gasteiger partial charge in [0.15, 0.2) is 5.65 Å². The largest absolute Gasteiger partial charge is 0.375 e. The molecule has 0 radical (unpaired) electrons. The molecule has 24 heavy (non-hydrogen) atoms. The van der Waals surface area contributed by atoms with E-state index < -0.39 is 0 Å². The molecule has 0 spiro atoms. The lowest BCUT2D eigenvalue weighted by atomic mass is 9.93. The first-order chi connectivity index (χ1) is 11.4. The summed E-state index contributed by atoms with van der Waals surface area (Å²) in [5, 5.41) is 4.83. The molecule has 6 heteroatoms. The number of nitrogens with zero attached hydrogens (tertiary/aromatic N) is 4. The molecule has 0 saturated carbocycles. The summed E-state index contributed by atoms with van der Waals surface area (Å²) in [5.74, 6) is 0.0755. The van der Waals surface area contributed by atoms with Gasteiger partial charge in [0, 0.05) is 42.8 Å². The molecule has 2 bridgehead atoms. The van der Waals surface area contributed by atoms with Crippen molar-refractivity contribution in [2.24, 2.45) is 0 Å². The summed E-state index contributed by atoms with van der Waals surface area (Å²) >= 11 is 0. The summed E-state index contributed by atoms with van der Waals surface area (Å²) < 4.78 is 7.06. The highest BCUT2D eigenvalue weighted by molar-refractivity contribution is 5.79. The predicted molar refractivity (Wildman–Crippen MR) is 89.9 cm³/mol. The van der Waals surface area contributed by atoms with Gasteiger partial charge in [0.25, 0.3) is 0 Å². The molecule has 0 aliphatic carbocycles. The summed E-state index contributed by atoms with van der Waals surface area (Å²) in [4.78, 5) is 19.0. The number of ether oxygens (including phenoxy) is 1. The third-order valence-electron chi connectivity index (χ3n) is 5.23. The van der Waals surface area contributed by atoms with Gasteiger partial charge in [0.2, 0.25) is 5.91 Å². The summed E-state index contributed by atoms with van der Waals surface area (Å²) in [6.07, 6.45) is 4.81. The SMILES string of the molecule is COCC(=O)N1[C@@H]2CC[C@@H]1c1cnc3cc(C(C)(C)C)nn3c1C2. The zero-order valence-electron chi connectivity index (χ0n) is 14.7. The number of rotatable bonds is 2. The minimum atomic E-state index is -0.00526. The summed E-state index contributed by atoms with van der Waals surface area (Å²) in [6, 6.07) is 2.43. The van der Waals surface area contributed by atoms with Crippen molar-refractivity contribution in [3.63, 3.8) is 0 Å². The van der Waals surface area contributed by atoms with Crippen LogP contribution in [0.2, 0.25) is 0 Å². The number of amides is 1. The average molecular weight is 328 g/mol. The van der Waals surface area contributed by atoms with Gasteiger partial charge in [0.05, 0.1) is 17.4 Å². The van der Waals surface area contributed by atoms with E-state index in [1.54, 1.807) is 7.11 Å². The van der Waals surface area contributed by atoms with Crippen LogP contribution in [-0.4, -0.2) is 45.2 Å². The zero-order valence-corrected chi connectivity index (χ0v) is 14.7. The second kappa shape index (κ2) is 5.28. The Kier molecular flexibility index (Phi) is 3.42. The van der Waals surface area contributed by atoms with E-state index in [-0.39, 0.29) is 30.0 Å². The molecular weight excluding hydrogens is 304 g/mol. The van der Waals surface area contributed by atoms with Crippen LogP contribution in [-0.2, 0) is 21.4 Å². The van der Waals surface area contributed by atoms with Crippen molar-refractivity contribution in [1.29, 1.82) is 0 Å². The Morgan fingerprint density at radius 3 is 2.88 bits per heavy atom. The number of fused-ring (bicyclic) bond motifs is 6. The second-order valence-corrected chi connectivity index (χ2v) is 7.89. The van der Waals surface area contributed by atoms with Crippen molar-refractivity contribution in [1.82, 2.24) is 19.5 Å². The van der Waals surface area contributed by atoms with Crippen molar-refractivity contribution in [2.75, 3.05) is 13.7 Å². The number of methoxy groups -OCH3 is 1. The van der Waals surface area contributed by atoms with Crippen LogP contribution in [0.1, 0.15) is 56.6 Å². The van der Waals surface area contributed by atoms with Crippen LogP contribution in [0, 0.1) is 0 Å². The maximum Gasteiger partial charge on any atom is 0.249 e. The number of carbonyl (C=O) groups excluding carboxylic acids is 1. The van der Waals surface area contributed by atoms with Crippen LogP contribution in [0.3, 0.4) is 0 Å². The predicted octanol–water partition coefficient (Wildman–Crippen LogP) is 2.26. The quantitative estimate of drug-likeness (QED) is 0.848. The van der Waals surface area contributed by atoms with Gasteiger partial charge in [-0.15, -0.1) is 0 Å². The van der Waals surface area contributed by atoms with E-state index in [9.17, 15) is 4.79 Å². The fourth-order valence-corrected chi connectivity index (χ4v) is 4.03. The van der Waals surface area contributed by atoms with E-state index in [0.29, 0.717) is 0 Å². The summed E-state index contributed by atoms with van der Waals surface area (Å²) in [6.45, 7) is 6.64. The summed E-state index contributed by atoms with van der Waals surface area (Å²) in [7, 11) is 1.57. The highest BCUT2D eigenvalue weighted by Gasteiger charge is 2.43. The van der Waals surface area contributed by atoms with Gasteiger partial charge >= 0.3 is 0 Å². The van der Waals surface area contributed by atoms with Crippen LogP contribution >= 0.6 is 0 Å². The normalized spacial score (nSPS) is 22.9. The van der Waals surface area contributed by atoms with Gasteiger partial charge in [-0.3, -0.25) is 4.79 Å². The van der Waals surface area contributed by atoms with E-state index in [4.69, 9.17) is 9.84 Å². The molecule has 2 aromatic heterocycles. The van der Waals surface area contributed by atoms with Gasteiger partial charge in [-0.2, -0.15) is 5.10 Å². The minimum absolute atomic E-state index is 0.00526. The average Bonchev–Trinajstić information content (AvgIpc) is 3.08. The standard InChI is InChI=1S/C18H24N4O2/c1-18(2,3)15-8-16-19-9-12-13-6-5-11(7-14(12)22(16)20-15)21(13)17(23)10-24-4/h8-9,11,13H,5-7,10H2,1-4H3/t11-,13-/m1/s1.